The minimum Gasteiger partial charge on any atom is -0.454 e. The third-order valence-electron chi connectivity index (χ3n) is 8.39. The van der Waals surface area contributed by atoms with Crippen molar-refractivity contribution in [1.29, 1.82) is 0 Å². The molecule has 2 atom stereocenters. The third kappa shape index (κ3) is 6.85. The second kappa shape index (κ2) is 11.9. The predicted octanol–water partition coefficient (Wildman–Crippen LogP) is 5.86. The largest absolute Gasteiger partial charge is 0.454 e. The van der Waals surface area contributed by atoms with Gasteiger partial charge in [0.05, 0.1) is 13.1 Å². The van der Waals surface area contributed by atoms with Crippen LogP contribution in [-0.2, 0) is 14.3 Å². The molecule has 3 aliphatic rings. The van der Waals surface area contributed by atoms with E-state index in [9.17, 15) is 14.4 Å². The molecule has 0 saturated carbocycles. The molecular weight excluding hydrogens is 514 g/mol. The molecule has 3 aromatic carbocycles. The van der Waals surface area contributed by atoms with Crippen LogP contribution in [0, 0.1) is 11.3 Å². The summed E-state index contributed by atoms with van der Waals surface area (Å²) < 4.78 is 6.87. The summed E-state index contributed by atoms with van der Waals surface area (Å²) in [5.41, 5.74) is 2.51. The van der Waals surface area contributed by atoms with E-state index in [4.69, 9.17) is 4.74 Å². The Morgan fingerprint density at radius 3 is 2.07 bits per heavy atom. The van der Waals surface area contributed by atoms with Gasteiger partial charge in [-0.1, -0.05) is 69.3 Å². The number of rotatable bonds is 9. The van der Waals surface area contributed by atoms with Crippen molar-refractivity contribution in [3.8, 4) is 0 Å². The van der Waals surface area contributed by atoms with Crippen molar-refractivity contribution in [3.63, 3.8) is 0 Å². The van der Waals surface area contributed by atoms with Gasteiger partial charge in [0.2, 0.25) is 11.7 Å². The van der Waals surface area contributed by atoms with Gasteiger partial charge in [0, 0.05) is 41.1 Å². The molecule has 3 heterocycles. The lowest BCUT2D eigenvalue weighted by molar-refractivity contribution is -0.938. The second-order valence-corrected chi connectivity index (χ2v) is 12.5. The fraction of sp³-hybridized carbons (Fsp3) is 0.382. The zero-order valence-corrected chi connectivity index (χ0v) is 24.1. The van der Waals surface area contributed by atoms with Gasteiger partial charge in [0.15, 0.2) is 12.1 Å². The van der Waals surface area contributed by atoms with E-state index in [1.54, 1.807) is 24.3 Å². The number of carbonyl (C=O) groups excluding carboxylic acids is 3. The van der Waals surface area contributed by atoms with Crippen LogP contribution in [0.4, 0.5) is 11.4 Å². The fourth-order valence-electron chi connectivity index (χ4n) is 5.87. The van der Waals surface area contributed by atoms with Crippen LogP contribution in [0.25, 0.3) is 0 Å². The van der Waals surface area contributed by atoms with E-state index < -0.39 is 11.5 Å². The number of ketones is 1. The molecule has 41 heavy (non-hydrogen) atoms. The van der Waals surface area contributed by atoms with E-state index in [0.717, 1.165) is 37.2 Å². The normalized spacial score (nSPS) is 22.4. The maximum Gasteiger partial charge on any atom is 0.333 e. The fourth-order valence-corrected chi connectivity index (χ4v) is 5.87. The number of quaternary nitrogens is 1. The number of benzene rings is 3. The molecule has 214 valence electrons. The first-order valence-electron chi connectivity index (χ1n) is 14.5. The van der Waals surface area contributed by atoms with Gasteiger partial charge in [-0.3, -0.25) is 9.59 Å². The Morgan fingerprint density at radius 2 is 1.46 bits per heavy atom. The number of nitrogens with one attached hydrogen (secondary N) is 2. The molecule has 1 amide bonds. The lowest BCUT2D eigenvalue weighted by Gasteiger charge is -2.51. The molecule has 3 fully saturated rings. The van der Waals surface area contributed by atoms with E-state index in [-0.39, 0.29) is 23.8 Å². The van der Waals surface area contributed by atoms with Crippen molar-refractivity contribution in [2.45, 2.75) is 45.8 Å². The molecule has 2 N–H and O–H groups in total. The molecule has 6 rings (SSSR count). The summed E-state index contributed by atoms with van der Waals surface area (Å²) in [5.74, 6) is 0.0151. The highest BCUT2D eigenvalue weighted by molar-refractivity contribution is 5.98. The molecule has 0 aromatic heterocycles. The Balaban J connectivity index is 1.25. The summed E-state index contributed by atoms with van der Waals surface area (Å²) in [6.07, 6.45) is 1.65. The SMILES string of the molecule is CC(C)(C)C(=O)Nc1ccc(C(=O)C[N+]23CCC(CC2)[C@@H](OC(=O)C(Nc2ccccc2)c2ccccc2)C3)cc1. The molecule has 1 unspecified atom stereocenters. The average Bonchev–Trinajstić information content (AvgIpc) is 2.97. The van der Waals surface area contributed by atoms with Crippen LogP contribution < -0.4 is 10.6 Å². The number of nitrogens with zero attached hydrogens (tertiary/aromatic N) is 1. The molecule has 3 aromatic rings. The summed E-state index contributed by atoms with van der Waals surface area (Å²) in [5, 5.41) is 6.26. The van der Waals surface area contributed by atoms with Crippen LogP contribution in [0.15, 0.2) is 84.9 Å². The number of esters is 1. The Morgan fingerprint density at radius 1 is 0.854 bits per heavy atom. The van der Waals surface area contributed by atoms with Crippen molar-refractivity contribution >= 4 is 29.0 Å². The van der Waals surface area contributed by atoms with Gasteiger partial charge in [0.25, 0.3) is 0 Å². The summed E-state index contributed by atoms with van der Waals surface area (Å²) in [4.78, 5) is 39.3. The minimum atomic E-state index is -0.624. The zero-order chi connectivity index (χ0) is 29.0. The van der Waals surface area contributed by atoms with Gasteiger partial charge in [-0.05, 0) is 42.0 Å². The molecule has 3 saturated heterocycles. The number of hydrogen-bond donors (Lipinski definition) is 2. The highest BCUT2D eigenvalue weighted by atomic mass is 16.5. The zero-order valence-electron chi connectivity index (χ0n) is 24.1. The number of hydrogen-bond acceptors (Lipinski definition) is 5. The number of carbonyl (C=O) groups is 3. The summed E-state index contributed by atoms with van der Waals surface area (Å²) in [6, 6.07) is 25.9. The Hall–Kier alpha value is -3.97. The van der Waals surface area contributed by atoms with Crippen LogP contribution in [0.1, 0.15) is 55.6 Å². The molecule has 3 aliphatic heterocycles. The van der Waals surface area contributed by atoms with Gasteiger partial charge >= 0.3 is 5.97 Å². The number of ether oxygens (including phenoxy) is 1. The highest BCUT2D eigenvalue weighted by Gasteiger charge is 2.49. The number of para-hydroxylation sites is 1. The number of Topliss-reactive ketones (excluding diaryl/α,β-unsaturated/α-hetero) is 1. The highest BCUT2D eigenvalue weighted by Crippen LogP contribution is 2.37. The number of fused-ring (bicyclic) bond motifs is 3. The molecule has 2 bridgehead atoms. The maximum absolute atomic E-state index is 13.6. The lowest BCUT2D eigenvalue weighted by Crippen LogP contribution is -2.65. The van der Waals surface area contributed by atoms with E-state index in [0.29, 0.717) is 34.7 Å². The standard InChI is InChI=1S/C34H39N3O4/c1-34(2,3)33(40)36-28-16-14-24(15-17-28)29(38)22-37-20-18-25(19-21-37)30(23-37)41-32(39)31(26-10-6-4-7-11-26)35-27-12-8-5-9-13-27/h4-17,25,30-31,35H,18-23H2,1-3H3/p+1/t25?,30-,31?,37?/m0/s1. The van der Waals surface area contributed by atoms with Crippen LogP contribution >= 0.6 is 0 Å². The second-order valence-electron chi connectivity index (χ2n) is 12.5. The van der Waals surface area contributed by atoms with Crippen molar-refractivity contribution in [2.24, 2.45) is 11.3 Å². The number of piperidine rings is 3. The predicted molar refractivity (Wildman–Crippen MR) is 160 cm³/mol. The third-order valence-corrected chi connectivity index (χ3v) is 8.39. The van der Waals surface area contributed by atoms with Crippen molar-refractivity contribution < 1.29 is 23.6 Å². The van der Waals surface area contributed by atoms with Gasteiger partial charge in [-0.25, -0.2) is 4.79 Å². The molecule has 0 radical (unpaired) electrons. The van der Waals surface area contributed by atoms with Crippen LogP contribution in [0.3, 0.4) is 0 Å². The molecule has 0 spiro atoms. The Labute approximate surface area is 242 Å². The Kier molecular flexibility index (Phi) is 8.27. The van der Waals surface area contributed by atoms with Gasteiger partial charge in [0.1, 0.15) is 13.1 Å². The number of amides is 1. The average molecular weight is 555 g/mol. The van der Waals surface area contributed by atoms with E-state index in [1.807, 2.05) is 81.4 Å². The molecule has 7 nitrogen and oxygen atoms in total. The molecule has 7 heteroatoms. The van der Waals surface area contributed by atoms with Crippen molar-refractivity contribution in [3.05, 3.63) is 96.1 Å². The number of anilines is 2. The first kappa shape index (κ1) is 28.6. The lowest BCUT2D eigenvalue weighted by atomic mass is 9.82. The summed E-state index contributed by atoms with van der Waals surface area (Å²) in [6.45, 7) is 8.43. The maximum atomic E-state index is 13.6. The van der Waals surface area contributed by atoms with E-state index in [1.165, 1.54) is 0 Å². The summed E-state index contributed by atoms with van der Waals surface area (Å²) >= 11 is 0. The topological polar surface area (TPSA) is 84.5 Å². The van der Waals surface area contributed by atoms with Gasteiger partial charge in [-0.15, -0.1) is 0 Å². The van der Waals surface area contributed by atoms with E-state index >= 15 is 0 Å². The smallest absolute Gasteiger partial charge is 0.333 e. The van der Waals surface area contributed by atoms with Crippen LogP contribution in [0.5, 0.6) is 0 Å². The quantitative estimate of drug-likeness (QED) is 0.197. The first-order chi connectivity index (χ1) is 19.6. The van der Waals surface area contributed by atoms with Gasteiger partial charge in [-0.2, -0.15) is 0 Å². The monoisotopic (exact) mass is 554 g/mol. The molecular formula is C34H40N3O4+. The first-order valence-corrected chi connectivity index (χ1v) is 14.5. The van der Waals surface area contributed by atoms with E-state index in [2.05, 4.69) is 10.6 Å². The van der Waals surface area contributed by atoms with Crippen LogP contribution in [-0.4, -0.2) is 54.4 Å². The molecule has 0 aliphatic carbocycles. The van der Waals surface area contributed by atoms with Gasteiger partial charge < -0.3 is 19.9 Å². The minimum absolute atomic E-state index is 0.0667. The van der Waals surface area contributed by atoms with Crippen molar-refractivity contribution in [1.82, 2.24) is 0 Å². The summed E-state index contributed by atoms with van der Waals surface area (Å²) in [7, 11) is 0. The van der Waals surface area contributed by atoms with Crippen molar-refractivity contribution in [2.75, 3.05) is 36.8 Å². The van der Waals surface area contributed by atoms with Crippen LogP contribution in [0.2, 0.25) is 0 Å². The Bertz CT molecular complexity index is 1360.